The first-order valence-electron chi connectivity index (χ1n) is 6.14. The Morgan fingerprint density at radius 1 is 1.00 bits per heavy atom. The van der Waals surface area contributed by atoms with Crippen molar-refractivity contribution >= 4 is 0 Å². The fraction of sp³-hybridized carbons (Fsp3) is 0.571. The van der Waals surface area contributed by atoms with Crippen LogP contribution in [0.25, 0.3) is 0 Å². The molecule has 1 aromatic carbocycles. The standard InChI is InChI=1S/C14H20F3N/c1-10(2)18(11(3)4)9-12-7-5-6-8-13(12)14(15,16)17/h5-8,10-11H,9H2,1-4H3. The van der Waals surface area contributed by atoms with Gasteiger partial charge in [0.1, 0.15) is 0 Å². The van der Waals surface area contributed by atoms with Crippen LogP contribution in [0.15, 0.2) is 24.3 Å². The fourth-order valence-corrected chi connectivity index (χ4v) is 2.09. The lowest BCUT2D eigenvalue weighted by atomic mass is 10.1. The van der Waals surface area contributed by atoms with Crippen LogP contribution in [0.2, 0.25) is 0 Å². The van der Waals surface area contributed by atoms with Crippen LogP contribution >= 0.6 is 0 Å². The third-order valence-electron chi connectivity index (χ3n) is 3.00. The van der Waals surface area contributed by atoms with Gasteiger partial charge in [0.25, 0.3) is 0 Å². The molecule has 0 atom stereocenters. The lowest BCUT2D eigenvalue weighted by molar-refractivity contribution is -0.138. The highest BCUT2D eigenvalue weighted by atomic mass is 19.4. The third-order valence-corrected chi connectivity index (χ3v) is 3.00. The predicted molar refractivity (Wildman–Crippen MR) is 67.3 cm³/mol. The molecule has 0 saturated heterocycles. The van der Waals surface area contributed by atoms with Crippen LogP contribution in [0.1, 0.15) is 38.8 Å². The SMILES string of the molecule is CC(C)N(Cc1ccccc1C(F)(F)F)C(C)C. The molecule has 0 amide bonds. The van der Waals surface area contributed by atoms with Gasteiger partial charge >= 0.3 is 6.18 Å². The molecular weight excluding hydrogens is 239 g/mol. The van der Waals surface area contributed by atoms with Crippen molar-refractivity contribution in [3.05, 3.63) is 35.4 Å². The van der Waals surface area contributed by atoms with Gasteiger partial charge in [-0.05, 0) is 39.3 Å². The van der Waals surface area contributed by atoms with E-state index in [1.165, 1.54) is 6.07 Å². The van der Waals surface area contributed by atoms with Gasteiger partial charge in [-0.1, -0.05) is 18.2 Å². The van der Waals surface area contributed by atoms with Crippen LogP contribution in [0.3, 0.4) is 0 Å². The van der Waals surface area contributed by atoms with Gasteiger partial charge in [0.2, 0.25) is 0 Å². The van der Waals surface area contributed by atoms with Crippen molar-refractivity contribution in [2.24, 2.45) is 0 Å². The van der Waals surface area contributed by atoms with E-state index in [2.05, 4.69) is 0 Å². The largest absolute Gasteiger partial charge is 0.416 e. The smallest absolute Gasteiger partial charge is 0.294 e. The zero-order valence-corrected chi connectivity index (χ0v) is 11.3. The average Bonchev–Trinajstić information content (AvgIpc) is 2.24. The lowest BCUT2D eigenvalue weighted by Gasteiger charge is -2.31. The summed E-state index contributed by atoms with van der Waals surface area (Å²) >= 11 is 0. The van der Waals surface area contributed by atoms with Gasteiger partial charge in [0, 0.05) is 18.6 Å². The first kappa shape index (κ1) is 15.0. The zero-order valence-electron chi connectivity index (χ0n) is 11.3. The molecule has 102 valence electrons. The molecule has 1 nitrogen and oxygen atoms in total. The summed E-state index contributed by atoms with van der Waals surface area (Å²) in [6.45, 7) is 8.31. The molecule has 0 heterocycles. The second-order valence-corrected chi connectivity index (χ2v) is 5.01. The molecule has 0 N–H and O–H groups in total. The molecular formula is C14H20F3N. The average molecular weight is 259 g/mol. The Labute approximate surface area is 107 Å². The predicted octanol–water partition coefficient (Wildman–Crippen LogP) is 4.32. The normalized spacial score (nSPS) is 12.8. The Kier molecular flexibility index (Phi) is 4.79. The molecule has 0 aliphatic rings. The first-order valence-corrected chi connectivity index (χ1v) is 6.14. The van der Waals surface area contributed by atoms with E-state index in [1.807, 2.05) is 32.6 Å². The van der Waals surface area contributed by atoms with Crippen molar-refractivity contribution in [2.75, 3.05) is 0 Å². The van der Waals surface area contributed by atoms with Crippen LogP contribution in [0.4, 0.5) is 13.2 Å². The Balaban J connectivity index is 3.03. The maximum Gasteiger partial charge on any atom is 0.416 e. The van der Waals surface area contributed by atoms with Gasteiger partial charge < -0.3 is 0 Å². The minimum atomic E-state index is -4.28. The molecule has 1 rings (SSSR count). The minimum Gasteiger partial charge on any atom is -0.294 e. The van der Waals surface area contributed by atoms with Gasteiger partial charge in [-0.3, -0.25) is 4.90 Å². The number of rotatable bonds is 4. The summed E-state index contributed by atoms with van der Waals surface area (Å²) in [5.74, 6) is 0. The Morgan fingerprint density at radius 2 is 1.50 bits per heavy atom. The van der Waals surface area contributed by atoms with E-state index in [1.54, 1.807) is 12.1 Å². The number of halogens is 3. The number of hydrogen-bond donors (Lipinski definition) is 0. The summed E-state index contributed by atoms with van der Waals surface area (Å²) in [4.78, 5) is 2.05. The van der Waals surface area contributed by atoms with E-state index in [0.29, 0.717) is 12.1 Å². The van der Waals surface area contributed by atoms with Gasteiger partial charge in [0.15, 0.2) is 0 Å². The van der Waals surface area contributed by atoms with Crippen molar-refractivity contribution in [3.63, 3.8) is 0 Å². The van der Waals surface area contributed by atoms with Crippen molar-refractivity contribution in [2.45, 2.75) is 52.5 Å². The maximum absolute atomic E-state index is 12.9. The molecule has 0 unspecified atom stereocenters. The van der Waals surface area contributed by atoms with Gasteiger partial charge in [-0.25, -0.2) is 0 Å². The van der Waals surface area contributed by atoms with E-state index >= 15 is 0 Å². The number of alkyl halides is 3. The molecule has 18 heavy (non-hydrogen) atoms. The quantitative estimate of drug-likeness (QED) is 0.778. The van der Waals surface area contributed by atoms with Crippen molar-refractivity contribution < 1.29 is 13.2 Å². The molecule has 1 aromatic rings. The van der Waals surface area contributed by atoms with Crippen LogP contribution in [-0.2, 0) is 12.7 Å². The second kappa shape index (κ2) is 5.74. The molecule has 0 spiro atoms. The Morgan fingerprint density at radius 3 is 1.94 bits per heavy atom. The third kappa shape index (κ3) is 3.73. The molecule has 0 bridgehead atoms. The van der Waals surface area contributed by atoms with Crippen molar-refractivity contribution in [1.29, 1.82) is 0 Å². The summed E-state index contributed by atoms with van der Waals surface area (Å²) in [5, 5.41) is 0. The lowest BCUT2D eigenvalue weighted by Crippen LogP contribution is -2.36. The van der Waals surface area contributed by atoms with Gasteiger partial charge in [-0.2, -0.15) is 13.2 Å². The summed E-state index contributed by atoms with van der Waals surface area (Å²) < 4.78 is 38.6. The fourth-order valence-electron chi connectivity index (χ4n) is 2.09. The minimum absolute atomic E-state index is 0.214. The van der Waals surface area contributed by atoms with E-state index in [4.69, 9.17) is 0 Å². The van der Waals surface area contributed by atoms with E-state index in [-0.39, 0.29) is 12.1 Å². The number of benzene rings is 1. The van der Waals surface area contributed by atoms with Crippen LogP contribution < -0.4 is 0 Å². The molecule has 0 aromatic heterocycles. The maximum atomic E-state index is 12.9. The summed E-state index contributed by atoms with van der Waals surface area (Å²) in [6.07, 6.45) is -4.28. The monoisotopic (exact) mass is 259 g/mol. The first-order chi connectivity index (χ1) is 8.23. The highest BCUT2D eigenvalue weighted by Gasteiger charge is 2.33. The van der Waals surface area contributed by atoms with E-state index < -0.39 is 11.7 Å². The molecule has 4 heteroatoms. The Bertz CT molecular complexity index is 375. The highest BCUT2D eigenvalue weighted by molar-refractivity contribution is 5.29. The highest BCUT2D eigenvalue weighted by Crippen LogP contribution is 2.32. The summed E-state index contributed by atoms with van der Waals surface area (Å²) in [7, 11) is 0. The van der Waals surface area contributed by atoms with Gasteiger partial charge in [-0.15, -0.1) is 0 Å². The van der Waals surface area contributed by atoms with Crippen molar-refractivity contribution in [1.82, 2.24) is 4.90 Å². The second-order valence-electron chi connectivity index (χ2n) is 5.01. The topological polar surface area (TPSA) is 3.24 Å². The number of hydrogen-bond acceptors (Lipinski definition) is 1. The van der Waals surface area contributed by atoms with Crippen LogP contribution in [0, 0.1) is 0 Å². The summed E-state index contributed by atoms with van der Waals surface area (Å²) in [5.41, 5.74) is -0.191. The van der Waals surface area contributed by atoms with E-state index in [9.17, 15) is 13.2 Å². The van der Waals surface area contributed by atoms with Crippen molar-refractivity contribution in [3.8, 4) is 0 Å². The molecule has 0 radical (unpaired) electrons. The van der Waals surface area contributed by atoms with Crippen LogP contribution in [-0.4, -0.2) is 17.0 Å². The Hall–Kier alpha value is -1.03. The molecule has 0 saturated carbocycles. The molecule has 0 aliphatic carbocycles. The molecule has 0 aliphatic heterocycles. The molecule has 0 fully saturated rings. The van der Waals surface area contributed by atoms with Crippen LogP contribution in [0.5, 0.6) is 0 Å². The zero-order chi connectivity index (χ0) is 13.9. The number of nitrogens with zero attached hydrogens (tertiary/aromatic N) is 1. The van der Waals surface area contributed by atoms with Gasteiger partial charge in [0.05, 0.1) is 5.56 Å². The summed E-state index contributed by atoms with van der Waals surface area (Å²) in [6, 6.07) is 6.22. The van der Waals surface area contributed by atoms with E-state index in [0.717, 1.165) is 6.07 Å².